The van der Waals surface area contributed by atoms with Crippen molar-refractivity contribution in [1.82, 2.24) is 0 Å². The summed E-state index contributed by atoms with van der Waals surface area (Å²) in [5.41, 5.74) is 0.453. The van der Waals surface area contributed by atoms with Gasteiger partial charge in [0.05, 0.1) is 25.0 Å². The highest BCUT2D eigenvalue weighted by Crippen LogP contribution is 2.31. The molecule has 5 heteroatoms. The van der Waals surface area contributed by atoms with E-state index in [1.54, 1.807) is 0 Å². The lowest BCUT2D eigenvalue weighted by atomic mass is 10.6. The maximum Gasteiger partial charge on any atom is 0.205 e. The number of hydrogen-bond donors (Lipinski definition) is 0. The van der Waals surface area contributed by atoms with E-state index in [1.165, 1.54) is 0 Å². The molecule has 82 valence electrons. The van der Waals surface area contributed by atoms with E-state index in [4.69, 9.17) is 13.6 Å². The number of rotatable bonds is 5. The van der Waals surface area contributed by atoms with Crippen LogP contribution in [-0.4, -0.2) is 41.7 Å². The van der Waals surface area contributed by atoms with Crippen LogP contribution in [0.25, 0.3) is 0 Å². The Bertz CT molecular complexity index is 222. The van der Waals surface area contributed by atoms with E-state index >= 15 is 0 Å². The minimum Gasteiger partial charge on any atom is -0.454 e. The van der Waals surface area contributed by atoms with Crippen LogP contribution in [0.5, 0.6) is 0 Å². The molecule has 3 nitrogen and oxygen atoms in total. The van der Waals surface area contributed by atoms with Crippen molar-refractivity contribution < 1.29 is 13.6 Å². The van der Waals surface area contributed by atoms with Crippen molar-refractivity contribution >= 4 is 16.6 Å². The molecule has 0 aromatic rings. The first-order chi connectivity index (χ1) is 6.39. The van der Waals surface area contributed by atoms with Crippen LogP contribution in [0.2, 0.25) is 32.2 Å². The van der Waals surface area contributed by atoms with Crippen molar-refractivity contribution in [2.75, 3.05) is 13.2 Å². The zero-order valence-corrected chi connectivity index (χ0v) is 11.5. The van der Waals surface area contributed by atoms with Crippen molar-refractivity contribution in [2.45, 2.75) is 44.1 Å². The molecule has 0 radical (unpaired) electrons. The molecule has 0 bridgehead atoms. The van der Waals surface area contributed by atoms with Crippen LogP contribution < -0.4 is 0 Å². The molecule has 2 fully saturated rings. The second kappa shape index (κ2) is 3.41. The van der Waals surface area contributed by atoms with Gasteiger partial charge in [-0.25, -0.2) is 0 Å². The molecular formula is C9H20O3Si2. The minimum absolute atomic E-state index is 0.453. The first-order valence-corrected chi connectivity index (χ1v) is 11.4. The van der Waals surface area contributed by atoms with Gasteiger partial charge in [0.1, 0.15) is 0 Å². The van der Waals surface area contributed by atoms with Crippen LogP contribution in [0.15, 0.2) is 0 Å². The molecule has 14 heavy (non-hydrogen) atoms. The van der Waals surface area contributed by atoms with Gasteiger partial charge < -0.3 is 13.6 Å². The summed E-state index contributed by atoms with van der Waals surface area (Å²) in [6.45, 7) is 11.0. The van der Waals surface area contributed by atoms with Crippen LogP contribution in [0.1, 0.15) is 0 Å². The molecule has 0 amide bonds. The lowest BCUT2D eigenvalue weighted by molar-refractivity contribution is 0.403. The summed E-state index contributed by atoms with van der Waals surface area (Å²) >= 11 is 0. The highest BCUT2D eigenvalue weighted by molar-refractivity contribution is 6.85. The summed E-state index contributed by atoms with van der Waals surface area (Å²) in [5, 5.41) is 0. The molecular weight excluding hydrogens is 212 g/mol. The molecule has 0 saturated carbocycles. The molecule has 2 aliphatic rings. The molecule has 2 unspecified atom stereocenters. The third-order valence-corrected chi connectivity index (χ3v) is 10.4. The van der Waals surface area contributed by atoms with Gasteiger partial charge in [0.25, 0.3) is 0 Å². The van der Waals surface area contributed by atoms with Gasteiger partial charge >= 0.3 is 0 Å². The molecule has 0 aromatic carbocycles. The van der Waals surface area contributed by atoms with Gasteiger partial charge in [0.2, 0.25) is 8.32 Å². The second-order valence-corrected chi connectivity index (χ2v) is 14.0. The quantitative estimate of drug-likeness (QED) is 0.535. The molecule has 2 rings (SSSR count). The van der Waals surface area contributed by atoms with Crippen molar-refractivity contribution in [3.63, 3.8) is 0 Å². The Morgan fingerprint density at radius 1 is 1.14 bits per heavy atom. The highest BCUT2D eigenvalue weighted by Gasteiger charge is 2.47. The van der Waals surface area contributed by atoms with Crippen LogP contribution >= 0.6 is 0 Å². The number of epoxide rings is 2. The Morgan fingerprint density at radius 3 is 2.14 bits per heavy atom. The van der Waals surface area contributed by atoms with E-state index in [1.807, 2.05) is 0 Å². The highest BCUT2D eigenvalue weighted by atomic mass is 28.4. The molecule has 2 aliphatic heterocycles. The van der Waals surface area contributed by atoms with Gasteiger partial charge in [-0.1, -0.05) is 0 Å². The standard InChI is InChI=1S/C9H20O3Si2/c1-13(2,7-8-5-10-8)12-14(3,4)9-6-11-9/h8-9H,5-7H2,1-4H3. The van der Waals surface area contributed by atoms with Gasteiger partial charge in [-0.05, 0) is 32.2 Å². The lowest BCUT2D eigenvalue weighted by Gasteiger charge is -2.32. The molecule has 2 saturated heterocycles. The third kappa shape index (κ3) is 2.90. The SMILES string of the molecule is C[Si](C)(CC1CO1)O[Si](C)(C)C1CO1. The monoisotopic (exact) mass is 232 g/mol. The fourth-order valence-electron chi connectivity index (χ4n) is 2.00. The van der Waals surface area contributed by atoms with Crippen LogP contribution in [0, 0.1) is 0 Å². The van der Waals surface area contributed by atoms with Crippen molar-refractivity contribution in [3.8, 4) is 0 Å². The first kappa shape index (κ1) is 10.8. The molecule has 2 heterocycles. The van der Waals surface area contributed by atoms with Crippen molar-refractivity contribution in [2.24, 2.45) is 0 Å². The summed E-state index contributed by atoms with van der Waals surface area (Å²) in [6, 6.07) is 1.15. The smallest absolute Gasteiger partial charge is 0.205 e. The zero-order valence-electron chi connectivity index (χ0n) is 9.50. The Balaban J connectivity index is 1.86. The third-order valence-electron chi connectivity index (χ3n) is 2.77. The maximum absolute atomic E-state index is 6.37. The summed E-state index contributed by atoms with van der Waals surface area (Å²) in [5.74, 6) is 0. The topological polar surface area (TPSA) is 34.3 Å². The Hall–Kier alpha value is 0.314. The lowest BCUT2D eigenvalue weighted by Crippen LogP contribution is -2.49. The molecule has 0 aliphatic carbocycles. The average molecular weight is 232 g/mol. The minimum atomic E-state index is -1.56. The zero-order chi connectivity index (χ0) is 10.4. The van der Waals surface area contributed by atoms with Gasteiger partial charge in [0.15, 0.2) is 8.32 Å². The molecule has 0 spiro atoms. The van der Waals surface area contributed by atoms with Crippen molar-refractivity contribution in [3.05, 3.63) is 0 Å². The molecule has 0 aromatic heterocycles. The van der Waals surface area contributed by atoms with E-state index in [2.05, 4.69) is 26.2 Å². The van der Waals surface area contributed by atoms with Crippen LogP contribution in [-0.2, 0) is 13.6 Å². The summed E-state index contributed by atoms with van der Waals surface area (Å²) in [4.78, 5) is 0. The maximum atomic E-state index is 6.37. The summed E-state index contributed by atoms with van der Waals surface area (Å²) < 4.78 is 17.0. The molecule has 0 N–H and O–H groups in total. The fraction of sp³-hybridized carbons (Fsp3) is 1.00. The Morgan fingerprint density at radius 2 is 1.71 bits per heavy atom. The molecule has 2 atom stereocenters. The Labute approximate surface area is 88.0 Å². The van der Waals surface area contributed by atoms with Crippen LogP contribution in [0.4, 0.5) is 0 Å². The van der Waals surface area contributed by atoms with E-state index in [0.29, 0.717) is 11.8 Å². The van der Waals surface area contributed by atoms with Gasteiger partial charge in [-0.15, -0.1) is 0 Å². The number of ether oxygens (including phenoxy) is 2. The predicted octanol–water partition coefficient (Wildman–Crippen LogP) is 1.75. The summed E-state index contributed by atoms with van der Waals surface area (Å²) in [6.07, 6.45) is 0.501. The van der Waals surface area contributed by atoms with E-state index in [0.717, 1.165) is 19.3 Å². The number of hydrogen-bond acceptors (Lipinski definition) is 3. The fourth-order valence-corrected chi connectivity index (χ4v) is 10.8. The van der Waals surface area contributed by atoms with Gasteiger partial charge in [0, 0.05) is 0 Å². The van der Waals surface area contributed by atoms with E-state index < -0.39 is 16.6 Å². The van der Waals surface area contributed by atoms with Crippen LogP contribution in [0.3, 0.4) is 0 Å². The largest absolute Gasteiger partial charge is 0.454 e. The van der Waals surface area contributed by atoms with Crippen molar-refractivity contribution in [1.29, 1.82) is 0 Å². The first-order valence-electron chi connectivity index (χ1n) is 5.32. The normalized spacial score (nSPS) is 31.7. The second-order valence-electron chi connectivity index (χ2n) is 5.45. The predicted molar refractivity (Wildman–Crippen MR) is 60.3 cm³/mol. The van der Waals surface area contributed by atoms with E-state index in [-0.39, 0.29) is 0 Å². The van der Waals surface area contributed by atoms with Gasteiger partial charge in [-0.3, -0.25) is 0 Å². The summed E-state index contributed by atoms with van der Waals surface area (Å²) in [7, 11) is -3.07. The Kier molecular flexibility index (Phi) is 2.64. The average Bonchev–Trinajstić information content (AvgIpc) is 2.77. The van der Waals surface area contributed by atoms with Gasteiger partial charge in [-0.2, -0.15) is 0 Å². The van der Waals surface area contributed by atoms with E-state index in [9.17, 15) is 0 Å².